The Bertz CT molecular complexity index is 850. The van der Waals surface area contributed by atoms with Gasteiger partial charge >= 0.3 is 6.03 Å². The first kappa shape index (κ1) is 20.4. The first-order valence-electron chi connectivity index (χ1n) is 9.86. The molecule has 2 aromatic rings. The van der Waals surface area contributed by atoms with E-state index < -0.39 is 0 Å². The molecule has 1 saturated heterocycles. The molecule has 0 saturated carbocycles. The van der Waals surface area contributed by atoms with Crippen molar-refractivity contribution in [2.45, 2.75) is 38.7 Å². The van der Waals surface area contributed by atoms with Crippen molar-refractivity contribution >= 4 is 11.7 Å². The van der Waals surface area contributed by atoms with Crippen LogP contribution in [0, 0.1) is 11.3 Å². The van der Waals surface area contributed by atoms with Gasteiger partial charge in [0.05, 0.1) is 13.2 Å². The summed E-state index contributed by atoms with van der Waals surface area (Å²) >= 11 is 0. The van der Waals surface area contributed by atoms with Gasteiger partial charge in [0.2, 0.25) is 5.69 Å². The largest absolute Gasteiger partial charge is 0.494 e. The number of unbranched alkanes of at least 4 members (excludes halogenated alkanes) is 1. The highest BCUT2D eigenvalue weighted by molar-refractivity contribution is 5.89. The Morgan fingerprint density at radius 2 is 2.10 bits per heavy atom. The van der Waals surface area contributed by atoms with Crippen LogP contribution in [0.4, 0.5) is 10.5 Å². The minimum absolute atomic E-state index is 0.148. The summed E-state index contributed by atoms with van der Waals surface area (Å²) in [5, 5.41) is 12.0. The number of nitrogens with one attached hydrogen (secondary N) is 1. The zero-order valence-electron chi connectivity index (χ0n) is 16.5. The maximum absolute atomic E-state index is 12.6. The van der Waals surface area contributed by atoms with Crippen LogP contribution < -0.4 is 14.8 Å². The van der Waals surface area contributed by atoms with E-state index in [9.17, 15) is 4.79 Å². The number of rotatable bonds is 7. The topological polar surface area (TPSA) is 100 Å². The molecule has 0 aliphatic carbocycles. The normalized spacial score (nSPS) is 16.0. The Labute approximate surface area is 170 Å². The predicted molar refractivity (Wildman–Crippen MR) is 108 cm³/mol. The van der Waals surface area contributed by atoms with E-state index in [1.165, 1.54) is 12.4 Å². The van der Waals surface area contributed by atoms with Crippen molar-refractivity contribution in [2.75, 3.05) is 25.0 Å². The Balaban J connectivity index is 1.53. The number of nitriles is 1. The zero-order valence-corrected chi connectivity index (χ0v) is 16.5. The molecule has 2 heterocycles. The number of hydrogen-bond acceptors (Lipinski definition) is 6. The van der Waals surface area contributed by atoms with E-state index >= 15 is 0 Å². The summed E-state index contributed by atoms with van der Waals surface area (Å²) in [6.45, 7) is 3.88. The van der Waals surface area contributed by atoms with Gasteiger partial charge in [0.1, 0.15) is 17.9 Å². The average Bonchev–Trinajstić information content (AvgIpc) is 2.76. The molecule has 1 aromatic carbocycles. The highest BCUT2D eigenvalue weighted by Gasteiger charge is 2.26. The van der Waals surface area contributed by atoms with Gasteiger partial charge in [0.15, 0.2) is 0 Å². The molecule has 1 atom stereocenters. The molecule has 0 bridgehead atoms. The Hall–Kier alpha value is -3.34. The number of nitrogens with zero attached hydrogens (tertiary/aromatic N) is 4. The van der Waals surface area contributed by atoms with Crippen molar-refractivity contribution in [1.82, 2.24) is 14.9 Å². The number of likely N-dealkylation sites (tertiary alicyclic amines) is 1. The van der Waals surface area contributed by atoms with Gasteiger partial charge in [0, 0.05) is 24.6 Å². The molecule has 3 rings (SSSR count). The number of urea groups is 1. The molecule has 8 heteroatoms. The molecule has 1 aromatic heterocycles. The molecule has 1 aliphatic rings. The van der Waals surface area contributed by atoms with Crippen molar-refractivity contribution in [1.29, 1.82) is 5.26 Å². The van der Waals surface area contributed by atoms with Crippen LogP contribution in [0.2, 0.25) is 0 Å². The van der Waals surface area contributed by atoms with E-state index in [-0.39, 0.29) is 23.7 Å². The van der Waals surface area contributed by atoms with Crippen molar-refractivity contribution in [2.24, 2.45) is 0 Å². The lowest BCUT2D eigenvalue weighted by molar-refractivity contribution is 0.102. The van der Waals surface area contributed by atoms with Crippen LogP contribution in [0.1, 0.15) is 38.3 Å². The Morgan fingerprint density at radius 1 is 1.31 bits per heavy atom. The van der Waals surface area contributed by atoms with Crippen LogP contribution >= 0.6 is 0 Å². The molecule has 1 fully saturated rings. The summed E-state index contributed by atoms with van der Waals surface area (Å²) in [5.74, 6) is 1.00. The van der Waals surface area contributed by atoms with Crippen LogP contribution in [0.25, 0.3) is 0 Å². The molecule has 8 nitrogen and oxygen atoms in total. The highest BCUT2D eigenvalue weighted by Crippen LogP contribution is 2.20. The van der Waals surface area contributed by atoms with Gasteiger partial charge in [-0.05, 0) is 43.5 Å². The Kier molecular flexibility index (Phi) is 7.22. The first-order chi connectivity index (χ1) is 14.2. The zero-order chi connectivity index (χ0) is 20.5. The summed E-state index contributed by atoms with van der Waals surface area (Å²) in [5.41, 5.74) is 0.858. The maximum Gasteiger partial charge on any atom is 0.321 e. The molecule has 29 heavy (non-hydrogen) atoms. The van der Waals surface area contributed by atoms with Crippen molar-refractivity contribution in [3.63, 3.8) is 0 Å². The second kappa shape index (κ2) is 10.3. The van der Waals surface area contributed by atoms with E-state index in [0.717, 1.165) is 31.4 Å². The monoisotopic (exact) mass is 395 g/mol. The Morgan fingerprint density at radius 3 is 2.86 bits per heavy atom. The molecule has 0 spiro atoms. The molecule has 2 amide bonds. The fraction of sp³-hybridized carbons (Fsp3) is 0.429. The number of hydrogen-bond donors (Lipinski definition) is 1. The third-order valence-corrected chi connectivity index (χ3v) is 4.59. The SMILES string of the molecule is CCCCOc1ccc(NC(=O)N2CCCC(Oc3nccnc3C#N)C2)cc1. The average molecular weight is 395 g/mol. The standard InChI is InChI=1S/C21H25N5O3/c1-2-3-13-28-17-8-6-16(7-9-17)25-21(27)26-12-4-5-18(15-26)29-20-19(14-22)23-10-11-24-20/h6-11,18H,2-5,12-13,15H2,1H3,(H,25,27). The van der Waals surface area contributed by atoms with E-state index in [2.05, 4.69) is 22.2 Å². The molecule has 1 N–H and O–H groups in total. The minimum Gasteiger partial charge on any atom is -0.494 e. The smallest absolute Gasteiger partial charge is 0.321 e. The van der Waals surface area contributed by atoms with Crippen molar-refractivity contribution in [3.05, 3.63) is 42.4 Å². The lowest BCUT2D eigenvalue weighted by Crippen LogP contribution is -2.46. The van der Waals surface area contributed by atoms with Crippen LogP contribution in [-0.2, 0) is 0 Å². The summed E-state index contributed by atoms with van der Waals surface area (Å²) < 4.78 is 11.5. The summed E-state index contributed by atoms with van der Waals surface area (Å²) in [4.78, 5) is 22.4. The van der Waals surface area contributed by atoms with Gasteiger partial charge in [-0.15, -0.1) is 0 Å². The lowest BCUT2D eigenvalue weighted by atomic mass is 10.1. The summed E-state index contributed by atoms with van der Waals surface area (Å²) in [6, 6.07) is 9.15. The van der Waals surface area contributed by atoms with E-state index in [0.29, 0.717) is 25.4 Å². The van der Waals surface area contributed by atoms with Crippen LogP contribution in [0.5, 0.6) is 11.6 Å². The summed E-state index contributed by atoms with van der Waals surface area (Å²) in [7, 11) is 0. The minimum atomic E-state index is -0.229. The van der Waals surface area contributed by atoms with E-state index in [4.69, 9.17) is 14.7 Å². The lowest BCUT2D eigenvalue weighted by Gasteiger charge is -2.32. The number of piperidine rings is 1. The fourth-order valence-corrected chi connectivity index (χ4v) is 3.04. The second-order valence-corrected chi connectivity index (χ2v) is 6.81. The highest BCUT2D eigenvalue weighted by atomic mass is 16.5. The van der Waals surface area contributed by atoms with Gasteiger partial charge < -0.3 is 19.7 Å². The first-order valence-corrected chi connectivity index (χ1v) is 9.86. The second-order valence-electron chi connectivity index (χ2n) is 6.81. The summed E-state index contributed by atoms with van der Waals surface area (Å²) in [6.07, 6.45) is 6.41. The third-order valence-electron chi connectivity index (χ3n) is 4.59. The molecule has 1 unspecified atom stereocenters. The van der Waals surface area contributed by atoms with Gasteiger partial charge in [-0.3, -0.25) is 0 Å². The maximum atomic E-state index is 12.6. The number of aromatic nitrogens is 2. The number of amides is 2. The van der Waals surface area contributed by atoms with Crippen LogP contribution in [0.3, 0.4) is 0 Å². The number of anilines is 1. The van der Waals surface area contributed by atoms with Gasteiger partial charge in [-0.1, -0.05) is 13.3 Å². The molecular weight excluding hydrogens is 370 g/mol. The number of carbonyl (C=O) groups excluding carboxylic acids is 1. The molecule has 152 valence electrons. The third kappa shape index (κ3) is 5.82. The van der Waals surface area contributed by atoms with E-state index in [1.54, 1.807) is 4.90 Å². The fourth-order valence-electron chi connectivity index (χ4n) is 3.04. The van der Waals surface area contributed by atoms with Crippen LogP contribution in [-0.4, -0.2) is 46.7 Å². The van der Waals surface area contributed by atoms with Crippen molar-refractivity contribution < 1.29 is 14.3 Å². The van der Waals surface area contributed by atoms with Crippen molar-refractivity contribution in [3.8, 4) is 17.7 Å². The number of carbonyl (C=O) groups is 1. The van der Waals surface area contributed by atoms with Gasteiger partial charge in [0.25, 0.3) is 5.88 Å². The molecule has 1 aliphatic heterocycles. The van der Waals surface area contributed by atoms with E-state index in [1.807, 2.05) is 30.3 Å². The van der Waals surface area contributed by atoms with Gasteiger partial charge in [-0.25, -0.2) is 14.8 Å². The quantitative estimate of drug-likeness (QED) is 0.719. The predicted octanol–water partition coefficient (Wildman–Crippen LogP) is 3.60. The molecule has 0 radical (unpaired) electrons. The van der Waals surface area contributed by atoms with Gasteiger partial charge in [-0.2, -0.15) is 5.26 Å². The number of ether oxygens (including phenoxy) is 2. The van der Waals surface area contributed by atoms with Crippen LogP contribution in [0.15, 0.2) is 36.7 Å². The molecular formula is C21H25N5O3. The number of benzene rings is 1.